The molecular formula is C25H35NO4. The quantitative estimate of drug-likeness (QED) is 0.633. The molecule has 5 rings (SSSR count). The molecular weight excluding hydrogens is 378 g/mol. The summed E-state index contributed by atoms with van der Waals surface area (Å²) in [6.07, 6.45) is 7.89. The first kappa shape index (κ1) is 21.2. The van der Waals surface area contributed by atoms with Crippen LogP contribution in [-0.2, 0) is 9.53 Å². The molecule has 4 saturated carbocycles. The molecule has 0 aliphatic heterocycles. The minimum atomic E-state index is -0.483. The van der Waals surface area contributed by atoms with Gasteiger partial charge in [-0.3, -0.25) is 4.79 Å². The molecule has 4 aliphatic carbocycles. The lowest BCUT2D eigenvalue weighted by molar-refractivity contribution is -0.128. The maximum Gasteiger partial charge on any atom is 0.338 e. The molecule has 5 heteroatoms. The summed E-state index contributed by atoms with van der Waals surface area (Å²) in [6.45, 7) is 6.71. The van der Waals surface area contributed by atoms with Gasteiger partial charge in [0.1, 0.15) is 5.75 Å². The van der Waals surface area contributed by atoms with E-state index in [0.29, 0.717) is 18.1 Å². The maximum atomic E-state index is 12.5. The zero-order chi connectivity index (χ0) is 21.3. The van der Waals surface area contributed by atoms with Crippen LogP contribution in [0.1, 0.15) is 69.7 Å². The van der Waals surface area contributed by atoms with Crippen LogP contribution in [0.25, 0.3) is 0 Å². The molecule has 1 aromatic rings. The predicted octanol–water partition coefficient (Wildman–Crippen LogP) is 4.60. The summed E-state index contributed by atoms with van der Waals surface area (Å²) in [5.74, 6) is 3.02. The molecule has 30 heavy (non-hydrogen) atoms. The molecule has 5 nitrogen and oxygen atoms in total. The largest absolute Gasteiger partial charge is 0.493 e. The van der Waals surface area contributed by atoms with Gasteiger partial charge in [0, 0.05) is 6.04 Å². The number of esters is 1. The second-order valence-corrected chi connectivity index (χ2v) is 10.4. The van der Waals surface area contributed by atoms with Gasteiger partial charge in [-0.1, -0.05) is 13.8 Å². The summed E-state index contributed by atoms with van der Waals surface area (Å²) in [5, 5.41) is 3.14. The van der Waals surface area contributed by atoms with Crippen LogP contribution in [0, 0.1) is 29.1 Å². The lowest BCUT2D eigenvalue weighted by atomic mass is 9.48. The summed E-state index contributed by atoms with van der Waals surface area (Å²) in [4.78, 5) is 24.8. The van der Waals surface area contributed by atoms with E-state index >= 15 is 0 Å². The number of ether oxygens (including phenoxy) is 2. The van der Waals surface area contributed by atoms with Crippen LogP contribution < -0.4 is 10.1 Å². The molecule has 1 atom stereocenters. The minimum Gasteiger partial charge on any atom is -0.493 e. The van der Waals surface area contributed by atoms with Crippen molar-refractivity contribution in [1.29, 1.82) is 0 Å². The molecule has 0 saturated heterocycles. The third kappa shape index (κ3) is 4.65. The fourth-order valence-corrected chi connectivity index (χ4v) is 6.31. The van der Waals surface area contributed by atoms with Crippen molar-refractivity contribution < 1.29 is 19.1 Å². The first-order valence-corrected chi connectivity index (χ1v) is 11.5. The van der Waals surface area contributed by atoms with Crippen LogP contribution in [-0.4, -0.2) is 31.1 Å². The van der Waals surface area contributed by atoms with Gasteiger partial charge in [-0.2, -0.15) is 0 Å². The normalized spacial score (nSPS) is 30.2. The van der Waals surface area contributed by atoms with Crippen molar-refractivity contribution in [3.8, 4) is 5.75 Å². The Hall–Kier alpha value is -2.04. The topological polar surface area (TPSA) is 64.6 Å². The number of rotatable bonds is 8. The Morgan fingerprint density at radius 3 is 2.10 bits per heavy atom. The molecule has 0 unspecified atom stereocenters. The van der Waals surface area contributed by atoms with E-state index in [1.807, 2.05) is 0 Å². The predicted molar refractivity (Wildman–Crippen MR) is 115 cm³/mol. The second kappa shape index (κ2) is 8.60. The van der Waals surface area contributed by atoms with E-state index in [1.54, 1.807) is 24.3 Å². The summed E-state index contributed by atoms with van der Waals surface area (Å²) in [6, 6.07) is 7.00. The number of nitrogens with one attached hydrogen (secondary N) is 1. The fraction of sp³-hybridized carbons (Fsp3) is 0.680. The van der Waals surface area contributed by atoms with Crippen molar-refractivity contribution >= 4 is 11.9 Å². The van der Waals surface area contributed by atoms with Crippen molar-refractivity contribution in [3.05, 3.63) is 29.8 Å². The first-order chi connectivity index (χ1) is 14.3. The SMILES string of the molecule is CC(C)COc1ccc(C(=O)OCC(=O)N[C@@H](C)C23CC4CC(CC(C4)C2)C3)cc1. The second-order valence-electron chi connectivity index (χ2n) is 10.4. The number of hydrogen-bond donors (Lipinski definition) is 1. The average Bonchev–Trinajstić information content (AvgIpc) is 2.70. The van der Waals surface area contributed by atoms with Gasteiger partial charge < -0.3 is 14.8 Å². The third-order valence-corrected chi connectivity index (χ3v) is 7.39. The molecule has 4 bridgehead atoms. The van der Waals surface area contributed by atoms with Gasteiger partial charge >= 0.3 is 5.97 Å². The minimum absolute atomic E-state index is 0.134. The van der Waals surface area contributed by atoms with Crippen LogP contribution in [0.3, 0.4) is 0 Å². The molecule has 4 aliphatic rings. The molecule has 1 aromatic carbocycles. The van der Waals surface area contributed by atoms with Crippen molar-refractivity contribution in [3.63, 3.8) is 0 Å². The third-order valence-electron chi connectivity index (χ3n) is 7.39. The Kier molecular flexibility index (Phi) is 6.08. The van der Waals surface area contributed by atoms with E-state index in [-0.39, 0.29) is 24.0 Å². The zero-order valence-corrected chi connectivity index (χ0v) is 18.5. The van der Waals surface area contributed by atoms with Crippen LogP contribution in [0.15, 0.2) is 24.3 Å². The Morgan fingerprint density at radius 1 is 1.00 bits per heavy atom. The summed E-state index contributed by atoms with van der Waals surface area (Å²) >= 11 is 0. The molecule has 0 aromatic heterocycles. The van der Waals surface area contributed by atoms with Crippen LogP contribution in [0.4, 0.5) is 0 Å². The van der Waals surface area contributed by atoms with Gasteiger partial charge in [-0.15, -0.1) is 0 Å². The van der Waals surface area contributed by atoms with Crippen LogP contribution >= 0.6 is 0 Å². The number of carbonyl (C=O) groups is 2. The van der Waals surface area contributed by atoms with Crippen molar-refractivity contribution in [2.45, 2.75) is 65.3 Å². The van der Waals surface area contributed by atoms with Crippen LogP contribution in [0.2, 0.25) is 0 Å². The highest BCUT2D eigenvalue weighted by atomic mass is 16.5. The molecule has 164 valence electrons. The van der Waals surface area contributed by atoms with E-state index < -0.39 is 5.97 Å². The zero-order valence-electron chi connectivity index (χ0n) is 18.5. The Morgan fingerprint density at radius 2 is 1.57 bits per heavy atom. The average molecular weight is 414 g/mol. The maximum absolute atomic E-state index is 12.5. The molecule has 0 spiro atoms. The standard InChI is InChI=1S/C25H35NO4/c1-16(2)14-29-22-6-4-21(5-7-22)24(28)30-15-23(27)26-17(3)25-11-18-8-19(12-25)10-20(9-18)13-25/h4-7,16-20H,8-15H2,1-3H3,(H,26,27)/t17-,18?,19?,20?,25?/m0/s1. The molecule has 0 heterocycles. The van der Waals surface area contributed by atoms with E-state index in [4.69, 9.17) is 9.47 Å². The van der Waals surface area contributed by atoms with Gasteiger partial charge in [0.15, 0.2) is 6.61 Å². The molecule has 1 N–H and O–H groups in total. The lowest BCUT2D eigenvalue weighted by Crippen LogP contribution is -2.56. The van der Waals surface area contributed by atoms with Crippen molar-refractivity contribution in [2.75, 3.05) is 13.2 Å². The number of benzene rings is 1. The fourth-order valence-electron chi connectivity index (χ4n) is 6.31. The van der Waals surface area contributed by atoms with Crippen LogP contribution in [0.5, 0.6) is 5.75 Å². The van der Waals surface area contributed by atoms with Gasteiger partial charge in [0.05, 0.1) is 12.2 Å². The van der Waals surface area contributed by atoms with E-state index in [1.165, 1.54) is 38.5 Å². The van der Waals surface area contributed by atoms with Crippen molar-refractivity contribution in [1.82, 2.24) is 5.32 Å². The Labute approximate surface area is 179 Å². The molecule has 0 radical (unpaired) electrons. The summed E-state index contributed by atoms with van der Waals surface area (Å²) < 4.78 is 10.9. The van der Waals surface area contributed by atoms with Crippen molar-refractivity contribution in [2.24, 2.45) is 29.1 Å². The van der Waals surface area contributed by atoms with E-state index in [9.17, 15) is 9.59 Å². The highest BCUT2D eigenvalue weighted by Crippen LogP contribution is 2.61. The number of hydrogen-bond acceptors (Lipinski definition) is 4. The van der Waals surface area contributed by atoms with Gasteiger partial charge in [-0.25, -0.2) is 4.79 Å². The lowest BCUT2D eigenvalue weighted by Gasteiger charge is -2.59. The van der Waals surface area contributed by atoms with E-state index in [2.05, 4.69) is 26.1 Å². The number of amides is 1. The number of carbonyl (C=O) groups excluding carboxylic acids is 2. The highest BCUT2D eigenvalue weighted by molar-refractivity contribution is 5.91. The Bertz CT molecular complexity index is 735. The smallest absolute Gasteiger partial charge is 0.338 e. The monoisotopic (exact) mass is 413 g/mol. The first-order valence-electron chi connectivity index (χ1n) is 11.5. The van der Waals surface area contributed by atoms with Gasteiger partial charge in [-0.05, 0) is 98.8 Å². The highest BCUT2D eigenvalue weighted by Gasteiger charge is 2.53. The summed E-state index contributed by atoms with van der Waals surface area (Å²) in [7, 11) is 0. The Balaban J connectivity index is 1.25. The van der Waals surface area contributed by atoms with Gasteiger partial charge in [0.25, 0.3) is 5.91 Å². The van der Waals surface area contributed by atoms with Gasteiger partial charge in [0.2, 0.25) is 0 Å². The summed E-state index contributed by atoms with van der Waals surface area (Å²) in [5.41, 5.74) is 0.675. The molecule has 4 fully saturated rings. The van der Waals surface area contributed by atoms with E-state index in [0.717, 1.165) is 23.5 Å². The molecule has 1 amide bonds.